The number of hydrogen-bond acceptors (Lipinski definition) is 6. The lowest BCUT2D eigenvalue weighted by Crippen LogP contribution is -2.60. The SMILES string of the molecule is COc1ccc(CO[C@H]2[C@H](OCCCC(C)(C)C)[C@@H](OCc3ccccc3)[C@@H](OCc3ccccc3)O[C@@H]2C=C(C)C)cc1. The second kappa shape index (κ2) is 16.9. The van der Waals surface area contributed by atoms with Crippen LogP contribution in [0.3, 0.4) is 0 Å². The van der Waals surface area contributed by atoms with Crippen molar-refractivity contribution >= 4 is 0 Å². The maximum Gasteiger partial charge on any atom is 0.187 e. The highest BCUT2D eigenvalue weighted by molar-refractivity contribution is 5.26. The third kappa shape index (κ3) is 10.9. The second-order valence-electron chi connectivity index (χ2n) is 12.9. The first-order chi connectivity index (χ1) is 21.2. The first-order valence-corrected chi connectivity index (χ1v) is 15.7. The Morgan fingerprint density at radius 1 is 0.682 bits per heavy atom. The first-order valence-electron chi connectivity index (χ1n) is 15.7. The highest BCUT2D eigenvalue weighted by atomic mass is 16.7. The Morgan fingerprint density at radius 3 is 1.77 bits per heavy atom. The molecule has 1 saturated heterocycles. The van der Waals surface area contributed by atoms with Crippen molar-refractivity contribution in [3.63, 3.8) is 0 Å². The fourth-order valence-corrected chi connectivity index (χ4v) is 5.24. The van der Waals surface area contributed by atoms with Gasteiger partial charge in [-0.2, -0.15) is 0 Å². The van der Waals surface area contributed by atoms with Gasteiger partial charge in [-0.3, -0.25) is 0 Å². The van der Waals surface area contributed by atoms with Crippen LogP contribution in [-0.2, 0) is 43.5 Å². The molecule has 238 valence electrons. The Bertz CT molecular complexity index is 1250. The molecule has 0 saturated carbocycles. The van der Waals surface area contributed by atoms with Crippen molar-refractivity contribution in [3.8, 4) is 5.75 Å². The van der Waals surface area contributed by atoms with E-state index in [1.165, 1.54) is 0 Å². The zero-order valence-electron chi connectivity index (χ0n) is 27.2. The lowest BCUT2D eigenvalue weighted by Gasteiger charge is -2.45. The number of ether oxygens (including phenoxy) is 6. The number of benzene rings is 3. The third-order valence-electron chi connectivity index (χ3n) is 7.55. The number of methoxy groups -OCH3 is 1. The standard InChI is InChI=1S/C38H50O6/c1-28(2)24-33-34(41-26-31-18-20-32(39-6)21-19-31)35(40-23-13-22-38(3,4)5)36(42-25-29-14-9-7-10-15-29)37(44-33)43-27-30-16-11-8-12-17-30/h7-12,14-21,24,33-37H,13,22-23,25-27H2,1-6H3/t33-,34-,35+,36-,37+/m1/s1. The molecular formula is C38H50O6. The van der Waals surface area contributed by atoms with E-state index in [4.69, 9.17) is 28.4 Å². The van der Waals surface area contributed by atoms with Crippen LogP contribution < -0.4 is 4.74 Å². The molecule has 6 heteroatoms. The average molecular weight is 603 g/mol. The van der Waals surface area contributed by atoms with Crippen LogP contribution in [0.4, 0.5) is 0 Å². The first kappa shape index (κ1) is 33.9. The maximum absolute atomic E-state index is 6.75. The van der Waals surface area contributed by atoms with Crippen LogP contribution >= 0.6 is 0 Å². The smallest absolute Gasteiger partial charge is 0.187 e. The van der Waals surface area contributed by atoms with Gasteiger partial charge in [0.15, 0.2) is 6.29 Å². The molecule has 3 aromatic rings. The lowest BCUT2D eigenvalue weighted by molar-refractivity contribution is -0.316. The normalized spacial score (nSPS) is 22.0. The Balaban J connectivity index is 1.63. The molecule has 1 heterocycles. The molecule has 1 fully saturated rings. The van der Waals surface area contributed by atoms with E-state index in [-0.39, 0.29) is 11.5 Å². The summed E-state index contributed by atoms with van der Waals surface area (Å²) >= 11 is 0. The van der Waals surface area contributed by atoms with Gasteiger partial charge in [0.1, 0.15) is 30.2 Å². The molecule has 0 radical (unpaired) electrons. The highest BCUT2D eigenvalue weighted by Gasteiger charge is 2.48. The minimum Gasteiger partial charge on any atom is -0.497 e. The van der Waals surface area contributed by atoms with Gasteiger partial charge in [-0.25, -0.2) is 0 Å². The van der Waals surface area contributed by atoms with E-state index in [1.807, 2.05) is 60.7 Å². The van der Waals surface area contributed by atoms with Gasteiger partial charge in [0, 0.05) is 6.61 Å². The van der Waals surface area contributed by atoms with Crippen molar-refractivity contribution in [2.24, 2.45) is 5.41 Å². The van der Waals surface area contributed by atoms with Crippen LogP contribution in [-0.4, -0.2) is 44.4 Å². The van der Waals surface area contributed by atoms with E-state index in [0.717, 1.165) is 40.9 Å². The Hall–Kier alpha value is -3.00. The summed E-state index contributed by atoms with van der Waals surface area (Å²) in [7, 11) is 1.67. The van der Waals surface area contributed by atoms with E-state index in [0.29, 0.717) is 26.4 Å². The summed E-state index contributed by atoms with van der Waals surface area (Å²) < 4.78 is 38.6. The number of hydrogen-bond donors (Lipinski definition) is 0. The maximum atomic E-state index is 6.75. The number of allylic oxidation sites excluding steroid dienone is 1. The number of rotatable bonds is 15. The summed E-state index contributed by atoms with van der Waals surface area (Å²) in [5, 5.41) is 0. The van der Waals surface area contributed by atoms with Crippen LogP contribution in [0.1, 0.15) is 64.2 Å². The van der Waals surface area contributed by atoms with E-state index in [1.54, 1.807) is 7.11 Å². The highest BCUT2D eigenvalue weighted by Crippen LogP contribution is 2.33. The Labute approximate surface area is 264 Å². The van der Waals surface area contributed by atoms with Gasteiger partial charge in [0.25, 0.3) is 0 Å². The summed E-state index contributed by atoms with van der Waals surface area (Å²) in [5.74, 6) is 0.810. The van der Waals surface area contributed by atoms with Gasteiger partial charge < -0.3 is 28.4 Å². The van der Waals surface area contributed by atoms with Gasteiger partial charge >= 0.3 is 0 Å². The summed E-state index contributed by atoms with van der Waals surface area (Å²) in [4.78, 5) is 0. The molecule has 0 spiro atoms. The minimum absolute atomic E-state index is 0.221. The molecule has 0 aromatic heterocycles. The predicted molar refractivity (Wildman–Crippen MR) is 174 cm³/mol. The largest absolute Gasteiger partial charge is 0.497 e. The van der Waals surface area contributed by atoms with E-state index in [2.05, 4.69) is 65.0 Å². The quantitative estimate of drug-likeness (QED) is 0.129. The van der Waals surface area contributed by atoms with Gasteiger partial charge in [-0.05, 0) is 60.9 Å². The van der Waals surface area contributed by atoms with Crippen LogP contribution in [0.5, 0.6) is 5.75 Å². The fourth-order valence-electron chi connectivity index (χ4n) is 5.24. The topological polar surface area (TPSA) is 55.4 Å². The van der Waals surface area contributed by atoms with Crippen molar-refractivity contribution in [2.75, 3.05) is 13.7 Å². The predicted octanol–water partition coefficient (Wildman–Crippen LogP) is 8.29. The Kier molecular flexibility index (Phi) is 13.0. The molecule has 6 nitrogen and oxygen atoms in total. The molecule has 44 heavy (non-hydrogen) atoms. The van der Waals surface area contributed by atoms with Crippen molar-refractivity contribution in [1.29, 1.82) is 0 Å². The van der Waals surface area contributed by atoms with Crippen LogP contribution in [0.15, 0.2) is 96.6 Å². The molecular weight excluding hydrogens is 552 g/mol. The summed E-state index contributed by atoms with van der Waals surface area (Å²) in [5.41, 5.74) is 4.53. The van der Waals surface area contributed by atoms with E-state index >= 15 is 0 Å². The zero-order valence-corrected chi connectivity index (χ0v) is 27.2. The average Bonchev–Trinajstić information content (AvgIpc) is 3.01. The lowest BCUT2D eigenvalue weighted by atomic mass is 9.91. The molecule has 3 aromatic carbocycles. The molecule has 0 N–H and O–H groups in total. The molecule has 0 aliphatic carbocycles. The second-order valence-corrected chi connectivity index (χ2v) is 12.9. The third-order valence-corrected chi connectivity index (χ3v) is 7.55. The Morgan fingerprint density at radius 2 is 1.23 bits per heavy atom. The minimum atomic E-state index is -0.659. The summed E-state index contributed by atoms with van der Waals surface area (Å²) in [6, 6.07) is 28.2. The van der Waals surface area contributed by atoms with Gasteiger partial charge in [0.05, 0.1) is 26.9 Å². The molecule has 4 rings (SSSR count). The zero-order chi connectivity index (χ0) is 31.4. The monoisotopic (exact) mass is 602 g/mol. The van der Waals surface area contributed by atoms with Crippen LogP contribution in [0, 0.1) is 5.41 Å². The van der Waals surface area contributed by atoms with Crippen LogP contribution in [0.25, 0.3) is 0 Å². The molecule has 5 atom stereocenters. The molecule has 0 amide bonds. The molecule has 0 bridgehead atoms. The van der Waals surface area contributed by atoms with Gasteiger partial charge in [-0.1, -0.05) is 105 Å². The van der Waals surface area contributed by atoms with Crippen LogP contribution in [0.2, 0.25) is 0 Å². The van der Waals surface area contributed by atoms with Crippen molar-refractivity contribution in [1.82, 2.24) is 0 Å². The summed E-state index contributed by atoms with van der Waals surface area (Å²) in [6.45, 7) is 12.7. The van der Waals surface area contributed by atoms with Crippen molar-refractivity contribution in [2.45, 2.75) is 98.0 Å². The van der Waals surface area contributed by atoms with E-state index < -0.39 is 24.6 Å². The van der Waals surface area contributed by atoms with Crippen molar-refractivity contribution in [3.05, 3.63) is 113 Å². The molecule has 0 unspecified atom stereocenters. The fraction of sp³-hybridized carbons (Fsp3) is 0.474. The van der Waals surface area contributed by atoms with Crippen molar-refractivity contribution < 1.29 is 28.4 Å². The van der Waals surface area contributed by atoms with Gasteiger partial charge in [-0.15, -0.1) is 0 Å². The molecule has 1 aliphatic heterocycles. The summed E-state index contributed by atoms with van der Waals surface area (Å²) in [6.07, 6.45) is 1.68. The van der Waals surface area contributed by atoms with Gasteiger partial charge in [0.2, 0.25) is 0 Å². The van der Waals surface area contributed by atoms with E-state index in [9.17, 15) is 0 Å². The molecule has 1 aliphatic rings.